The Labute approximate surface area is 124 Å². The van der Waals surface area contributed by atoms with E-state index in [2.05, 4.69) is 9.97 Å². The summed E-state index contributed by atoms with van der Waals surface area (Å²) in [5.74, 6) is -1.31. The van der Waals surface area contributed by atoms with Gasteiger partial charge < -0.3 is 4.74 Å². The Hall–Kier alpha value is -2.27. The van der Waals surface area contributed by atoms with Crippen LogP contribution in [-0.2, 0) is 0 Å². The van der Waals surface area contributed by atoms with Crippen molar-refractivity contribution in [2.75, 3.05) is 7.11 Å². The predicted octanol–water partition coefficient (Wildman–Crippen LogP) is 4.24. The molecular weight excluding hydrogens is 298 g/mol. The highest BCUT2D eigenvalue weighted by atomic mass is 35.5. The maximum Gasteiger partial charge on any atom is 0.169 e. The van der Waals surface area contributed by atoms with Crippen molar-refractivity contribution < 1.29 is 13.5 Å². The molecule has 0 bridgehead atoms. The number of halogens is 3. The largest absolute Gasteiger partial charge is 0.497 e. The van der Waals surface area contributed by atoms with Crippen LogP contribution in [-0.4, -0.2) is 17.1 Å². The maximum absolute atomic E-state index is 13.8. The number of rotatable bonds is 2. The van der Waals surface area contributed by atoms with E-state index < -0.39 is 11.6 Å². The van der Waals surface area contributed by atoms with Gasteiger partial charge in [0.05, 0.1) is 18.2 Å². The zero-order valence-electron chi connectivity index (χ0n) is 10.9. The van der Waals surface area contributed by atoms with Gasteiger partial charge in [-0.05, 0) is 30.3 Å². The first-order valence-corrected chi connectivity index (χ1v) is 6.43. The molecule has 21 heavy (non-hydrogen) atoms. The first-order chi connectivity index (χ1) is 10.1. The van der Waals surface area contributed by atoms with E-state index in [0.29, 0.717) is 16.7 Å². The predicted molar refractivity (Wildman–Crippen MR) is 76.5 cm³/mol. The molecular formula is C15H9ClF2N2O. The molecule has 2 aromatic carbocycles. The summed E-state index contributed by atoms with van der Waals surface area (Å²) in [6, 6.07) is 8.90. The topological polar surface area (TPSA) is 35.0 Å². The molecule has 0 aliphatic heterocycles. The van der Waals surface area contributed by atoms with Crippen LogP contribution < -0.4 is 4.74 Å². The number of aromatic nitrogens is 2. The van der Waals surface area contributed by atoms with Gasteiger partial charge in [0.15, 0.2) is 17.5 Å². The first-order valence-electron chi connectivity index (χ1n) is 6.06. The lowest BCUT2D eigenvalue weighted by Crippen LogP contribution is -1.96. The van der Waals surface area contributed by atoms with Crippen LogP contribution in [0.25, 0.3) is 22.3 Å². The van der Waals surface area contributed by atoms with Crippen LogP contribution >= 0.6 is 11.6 Å². The average molecular weight is 307 g/mol. The first kappa shape index (κ1) is 13.7. The SMILES string of the molecule is COc1ccc2nc(-c3cccc(F)c3F)nc(Cl)c2c1. The zero-order chi connectivity index (χ0) is 15.0. The van der Waals surface area contributed by atoms with Gasteiger partial charge in [0.25, 0.3) is 0 Å². The third-order valence-electron chi connectivity index (χ3n) is 3.05. The minimum absolute atomic E-state index is 0.0328. The number of fused-ring (bicyclic) bond motifs is 1. The Morgan fingerprint density at radius 2 is 1.90 bits per heavy atom. The molecule has 0 N–H and O–H groups in total. The molecule has 3 aromatic rings. The lowest BCUT2D eigenvalue weighted by molar-refractivity contribution is 0.415. The van der Waals surface area contributed by atoms with Gasteiger partial charge in [-0.3, -0.25) is 0 Å². The van der Waals surface area contributed by atoms with Crippen LogP contribution in [0.15, 0.2) is 36.4 Å². The fourth-order valence-corrected chi connectivity index (χ4v) is 2.23. The molecule has 6 heteroatoms. The van der Waals surface area contributed by atoms with Gasteiger partial charge in [-0.2, -0.15) is 0 Å². The van der Waals surface area contributed by atoms with Crippen LogP contribution in [0.2, 0.25) is 5.15 Å². The highest BCUT2D eigenvalue weighted by Crippen LogP contribution is 2.29. The molecule has 0 saturated heterocycles. The van der Waals surface area contributed by atoms with E-state index in [1.54, 1.807) is 18.2 Å². The van der Waals surface area contributed by atoms with Gasteiger partial charge in [0, 0.05) is 5.39 Å². The van der Waals surface area contributed by atoms with Crippen LogP contribution in [0.1, 0.15) is 0 Å². The van der Waals surface area contributed by atoms with Crippen molar-refractivity contribution >= 4 is 22.5 Å². The normalized spacial score (nSPS) is 10.9. The quantitative estimate of drug-likeness (QED) is 0.664. The van der Waals surface area contributed by atoms with Gasteiger partial charge in [-0.25, -0.2) is 18.7 Å². The summed E-state index contributed by atoms with van der Waals surface area (Å²) < 4.78 is 32.2. The summed E-state index contributed by atoms with van der Waals surface area (Å²) in [5.41, 5.74) is 0.490. The highest BCUT2D eigenvalue weighted by molar-refractivity contribution is 6.34. The third-order valence-corrected chi connectivity index (χ3v) is 3.34. The maximum atomic E-state index is 13.8. The third kappa shape index (κ3) is 2.40. The second kappa shape index (κ2) is 5.26. The molecule has 3 nitrogen and oxygen atoms in total. The Bertz CT molecular complexity index is 839. The second-order valence-corrected chi connectivity index (χ2v) is 4.68. The molecule has 106 valence electrons. The lowest BCUT2D eigenvalue weighted by atomic mass is 10.1. The minimum Gasteiger partial charge on any atom is -0.497 e. The van der Waals surface area contributed by atoms with Crippen molar-refractivity contribution in [3.8, 4) is 17.1 Å². The monoisotopic (exact) mass is 306 g/mol. The average Bonchev–Trinajstić information content (AvgIpc) is 2.49. The Balaban J connectivity index is 2.23. The Morgan fingerprint density at radius 1 is 1.10 bits per heavy atom. The van der Waals surface area contributed by atoms with E-state index in [-0.39, 0.29) is 16.5 Å². The van der Waals surface area contributed by atoms with Crippen molar-refractivity contribution in [2.45, 2.75) is 0 Å². The molecule has 0 aliphatic rings. The van der Waals surface area contributed by atoms with E-state index in [1.165, 1.54) is 19.2 Å². The van der Waals surface area contributed by atoms with Crippen molar-refractivity contribution in [1.29, 1.82) is 0 Å². The molecule has 0 aliphatic carbocycles. The van der Waals surface area contributed by atoms with Crippen LogP contribution in [0.3, 0.4) is 0 Å². The molecule has 1 heterocycles. The zero-order valence-corrected chi connectivity index (χ0v) is 11.7. The lowest BCUT2D eigenvalue weighted by Gasteiger charge is -2.07. The Kier molecular flexibility index (Phi) is 3.43. The summed E-state index contributed by atoms with van der Waals surface area (Å²) in [7, 11) is 1.53. The summed E-state index contributed by atoms with van der Waals surface area (Å²) >= 11 is 6.11. The van der Waals surface area contributed by atoms with Gasteiger partial charge in [-0.1, -0.05) is 17.7 Å². The van der Waals surface area contributed by atoms with E-state index in [1.807, 2.05) is 0 Å². The minimum atomic E-state index is -0.999. The van der Waals surface area contributed by atoms with Crippen molar-refractivity contribution in [2.24, 2.45) is 0 Å². The van der Waals surface area contributed by atoms with Gasteiger partial charge in [0.2, 0.25) is 0 Å². The van der Waals surface area contributed by atoms with Crippen molar-refractivity contribution in [1.82, 2.24) is 9.97 Å². The van der Waals surface area contributed by atoms with Gasteiger partial charge in [-0.15, -0.1) is 0 Å². The van der Waals surface area contributed by atoms with Crippen LogP contribution in [0, 0.1) is 11.6 Å². The molecule has 0 fully saturated rings. The smallest absolute Gasteiger partial charge is 0.169 e. The summed E-state index contributed by atoms with van der Waals surface area (Å²) in [4.78, 5) is 8.27. The molecule has 0 unspecified atom stereocenters. The molecule has 3 rings (SSSR count). The van der Waals surface area contributed by atoms with E-state index in [0.717, 1.165) is 6.07 Å². The Morgan fingerprint density at radius 3 is 2.67 bits per heavy atom. The van der Waals surface area contributed by atoms with E-state index >= 15 is 0 Å². The summed E-state index contributed by atoms with van der Waals surface area (Å²) in [6.45, 7) is 0. The number of nitrogens with zero attached hydrogens (tertiary/aromatic N) is 2. The fraction of sp³-hybridized carbons (Fsp3) is 0.0667. The highest BCUT2D eigenvalue weighted by Gasteiger charge is 2.14. The van der Waals surface area contributed by atoms with Crippen molar-refractivity contribution in [3.05, 3.63) is 53.2 Å². The van der Waals surface area contributed by atoms with Crippen LogP contribution in [0.5, 0.6) is 5.75 Å². The van der Waals surface area contributed by atoms with E-state index in [9.17, 15) is 8.78 Å². The molecule has 0 radical (unpaired) electrons. The van der Waals surface area contributed by atoms with Gasteiger partial charge >= 0.3 is 0 Å². The molecule has 0 atom stereocenters. The second-order valence-electron chi connectivity index (χ2n) is 4.32. The number of hydrogen-bond donors (Lipinski definition) is 0. The van der Waals surface area contributed by atoms with E-state index in [4.69, 9.17) is 16.3 Å². The van der Waals surface area contributed by atoms with Gasteiger partial charge in [0.1, 0.15) is 10.9 Å². The standard InChI is InChI=1S/C15H9ClF2N2O/c1-21-8-5-6-12-10(7-8)14(16)20-15(19-12)9-3-2-4-11(17)13(9)18/h2-7H,1H3. The molecule has 0 saturated carbocycles. The molecule has 0 spiro atoms. The summed E-state index contributed by atoms with van der Waals surface area (Å²) in [6.07, 6.45) is 0. The van der Waals surface area contributed by atoms with Crippen molar-refractivity contribution in [3.63, 3.8) is 0 Å². The fourth-order valence-electron chi connectivity index (χ4n) is 1.99. The number of methoxy groups -OCH3 is 1. The summed E-state index contributed by atoms with van der Waals surface area (Å²) in [5, 5.41) is 0.731. The molecule has 0 amide bonds. The van der Waals surface area contributed by atoms with Crippen LogP contribution in [0.4, 0.5) is 8.78 Å². The number of ether oxygens (including phenoxy) is 1. The number of hydrogen-bond acceptors (Lipinski definition) is 3. The number of benzene rings is 2. The molecule has 1 aromatic heterocycles.